The number of imide groups is 1. The van der Waals surface area contributed by atoms with Gasteiger partial charge >= 0.3 is 5.97 Å². The summed E-state index contributed by atoms with van der Waals surface area (Å²) in [7, 11) is 1.52. The molecule has 0 aliphatic carbocycles. The second-order valence-electron chi connectivity index (χ2n) is 10.5. The van der Waals surface area contributed by atoms with Gasteiger partial charge in [0, 0.05) is 43.5 Å². The van der Waals surface area contributed by atoms with Gasteiger partial charge in [-0.05, 0) is 43.9 Å². The van der Waals surface area contributed by atoms with Crippen molar-refractivity contribution in [2.45, 2.75) is 95.4 Å². The Labute approximate surface area is 229 Å². The van der Waals surface area contributed by atoms with Crippen molar-refractivity contribution in [3.05, 3.63) is 23.8 Å². The lowest BCUT2D eigenvalue weighted by Gasteiger charge is -2.32. The number of carbonyl (C=O) groups excluding carboxylic acids is 4. The Balaban J connectivity index is 2.14. The Morgan fingerprint density at radius 3 is 2.53 bits per heavy atom. The van der Waals surface area contributed by atoms with Gasteiger partial charge in [-0.2, -0.15) is 11.8 Å². The molecule has 9 nitrogen and oxygen atoms in total. The van der Waals surface area contributed by atoms with Gasteiger partial charge in [-0.3, -0.25) is 24.5 Å². The van der Waals surface area contributed by atoms with Crippen molar-refractivity contribution >= 4 is 35.3 Å². The first kappa shape index (κ1) is 32.2. The molecule has 7 unspecified atom stereocenters. The van der Waals surface area contributed by atoms with Gasteiger partial charge in [0.1, 0.15) is 18.0 Å². The van der Waals surface area contributed by atoms with E-state index >= 15 is 0 Å². The molecule has 0 bridgehead atoms. The maximum Gasteiger partial charge on any atom is 0.307 e. The highest BCUT2D eigenvalue weighted by Gasteiger charge is 2.34. The fraction of sp³-hybridized carbons (Fsp3) is 0.714. The lowest BCUT2D eigenvalue weighted by Crippen LogP contribution is -2.41. The molecule has 1 saturated heterocycles. The molecule has 2 aliphatic rings. The fourth-order valence-corrected chi connectivity index (χ4v) is 5.78. The third-order valence-electron chi connectivity index (χ3n) is 7.33. The van der Waals surface area contributed by atoms with E-state index in [2.05, 4.69) is 5.32 Å². The van der Waals surface area contributed by atoms with Crippen LogP contribution < -0.4 is 5.32 Å². The molecule has 7 atom stereocenters. The summed E-state index contributed by atoms with van der Waals surface area (Å²) < 4.78 is 11.4. The number of rotatable bonds is 9. The normalized spacial score (nSPS) is 30.9. The summed E-state index contributed by atoms with van der Waals surface area (Å²) >= 11 is 1.61. The van der Waals surface area contributed by atoms with Crippen LogP contribution in [0.1, 0.15) is 65.7 Å². The SMILES string of the molecule is COC1/C=C/CCC(SC)CC(=O)OC(/C(C)=C/C(C)C(=O)CC(O)CC2CC(=O)NC(=O)C2)C(C)C1O. The molecule has 2 amide bonds. The summed E-state index contributed by atoms with van der Waals surface area (Å²) in [6.45, 7) is 5.26. The number of thioether (sulfide) groups is 1. The number of ketones is 1. The van der Waals surface area contributed by atoms with E-state index in [0.717, 1.165) is 12.8 Å². The lowest BCUT2D eigenvalue weighted by molar-refractivity contribution is -0.153. The molecule has 1 fully saturated rings. The molecule has 0 saturated carbocycles. The van der Waals surface area contributed by atoms with Gasteiger partial charge in [0.15, 0.2) is 0 Å². The Morgan fingerprint density at radius 1 is 1.26 bits per heavy atom. The van der Waals surface area contributed by atoms with Crippen LogP contribution in [-0.4, -0.2) is 76.8 Å². The Kier molecular flexibility index (Phi) is 13.2. The smallest absolute Gasteiger partial charge is 0.307 e. The lowest BCUT2D eigenvalue weighted by atomic mass is 9.86. The topological polar surface area (TPSA) is 139 Å². The molecule has 3 N–H and O–H groups in total. The quantitative estimate of drug-likeness (QED) is 0.223. The predicted molar refractivity (Wildman–Crippen MR) is 145 cm³/mol. The van der Waals surface area contributed by atoms with Gasteiger partial charge < -0.3 is 19.7 Å². The predicted octanol–water partition coefficient (Wildman–Crippen LogP) is 2.73. The third-order valence-corrected chi connectivity index (χ3v) is 8.40. The highest BCUT2D eigenvalue weighted by molar-refractivity contribution is 7.99. The number of methoxy groups -OCH3 is 1. The minimum Gasteiger partial charge on any atom is -0.457 e. The van der Waals surface area contributed by atoms with Gasteiger partial charge in [0.2, 0.25) is 11.8 Å². The summed E-state index contributed by atoms with van der Waals surface area (Å²) in [4.78, 5) is 48.9. The molecule has 38 heavy (non-hydrogen) atoms. The van der Waals surface area contributed by atoms with Crippen LogP contribution in [0.5, 0.6) is 0 Å². The molecule has 2 heterocycles. The number of allylic oxidation sites excluding steroid dienone is 2. The highest BCUT2D eigenvalue weighted by atomic mass is 32.2. The number of aliphatic hydroxyl groups is 2. The zero-order chi connectivity index (χ0) is 28.4. The van der Waals surface area contributed by atoms with Crippen molar-refractivity contribution in [2.75, 3.05) is 13.4 Å². The molecule has 0 aromatic rings. The summed E-state index contributed by atoms with van der Waals surface area (Å²) in [5.74, 6) is -2.69. The number of Topliss-reactive ketones (excluding diaryl/α,β-unsaturated/α-hetero) is 1. The van der Waals surface area contributed by atoms with Crippen molar-refractivity contribution < 1.29 is 38.9 Å². The van der Waals surface area contributed by atoms with Gasteiger partial charge in [-0.15, -0.1) is 0 Å². The summed E-state index contributed by atoms with van der Waals surface area (Å²) in [6, 6.07) is 0. The first-order valence-corrected chi connectivity index (χ1v) is 14.5. The number of nitrogens with one attached hydrogen (secondary N) is 1. The molecule has 2 rings (SSSR count). The Bertz CT molecular complexity index is 887. The number of hydrogen-bond acceptors (Lipinski definition) is 9. The Morgan fingerprint density at radius 2 is 1.92 bits per heavy atom. The number of piperidine rings is 1. The van der Waals surface area contributed by atoms with E-state index in [9.17, 15) is 29.4 Å². The van der Waals surface area contributed by atoms with E-state index in [4.69, 9.17) is 9.47 Å². The monoisotopic (exact) mass is 553 g/mol. The summed E-state index contributed by atoms with van der Waals surface area (Å²) in [5, 5.41) is 23.8. The van der Waals surface area contributed by atoms with Crippen LogP contribution in [0, 0.1) is 17.8 Å². The van der Waals surface area contributed by atoms with Crippen LogP contribution in [0.2, 0.25) is 0 Å². The standard InChI is InChI=1S/C28H43NO8S/c1-16(22(31)14-20(30)11-19-12-24(32)29-25(33)13-19)10-17(2)28-18(3)27(35)23(36-4)9-7-6-8-21(38-5)15-26(34)37-28/h7,9-10,16,18-21,23,27-28,30,35H,6,8,11-15H2,1-5H3,(H,29,32,33)/b9-7+,17-10+. The van der Waals surface area contributed by atoms with Gasteiger partial charge in [0.25, 0.3) is 0 Å². The summed E-state index contributed by atoms with van der Waals surface area (Å²) in [5.41, 5.74) is 0.631. The van der Waals surface area contributed by atoms with Crippen molar-refractivity contribution in [1.29, 1.82) is 0 Å². The second kappa shape index (κ2) is 15.5. The van der Waals surface area contributed by atoms with Crippen molar-refractivity contribution in [3.8, 4) is 0 Å². The van der Waals surface area contributed by atoms with E-state index in [-0.39, 0.29) is 66.8 Å². The molecular formula is C28H43NO8S. The third kappa shape index (κ3) is 9.94. The first-order chi connectivity index (χ1) is 17.9. The van der Waals surface area contributed by atoms with Crippen molar-refractivity contribution in [2.24, 2.45) is 17.8 Å². The van der Waals surface area contributed by atoms with Gasteiger partial charge in [0.05, 0.1) is 18.6 Å². The van der Waals surface area contributed by atoms with Crippen LogP contribution >= 0.6 is 11.8 Å². The fourth-order valence-electron chi connectivity index (χ4n) is 5.11. The van der Waals surface area contributed by atoms with E-state index in [1.165, 1.54) is 7.11 Å². The molecule has 0 aromatic carbocycles. The minimum atomic E-state index is -0.972. The number of amides is 2. The number of cyclic esters (lactones) is 1. The maximum absolute atomic E-state index is 12.9. The second-order valence-corrected chi connectivity index (χ2v) is 11.7. The largest absolute Gasteiger partial charge is 0.457 e. The van der Waals surface area contributed by atoms with Crippen LogP contribution in [0.25, 0.3) is 0 Å². The molecule has 10 heteroatoms. The van der Waals surface area contributed by atoms with Crippen molar-refractivity contribution in [3.63, 3.8) is 0 Å². The first-order valence-electron chi connectivity index (χ1n) is 13.3. The number of aliphatic hydroxyl groups excluding tert-OH is 2. The molecule has 2 aliphatic heterocycles. The zero-order valence-electron chi connectivity index (χ0n) is 23.1. The van der Waals surface area contributed by atoms with Crippen LogP contribution in [0.4, 0.5) is 0 Å². The van der Waals surface area contributed by atoms with Crippen LogP contribution in [0.15, 0.2) is 23.8 Å². The molecule has 0 radical (unpaired) electrons. The zero-order valence-corrected chi connectivity index (χ0v) is 23.9. The number of carbonyl (C=O) groups is 4. The van der Waals surface area contributed by atoms with Crippen LogP contribution in [-0.2, 0) is 28.7 Å². The van der Waals surface area contributed by atoms with Gasteiger partial charge in [-0.1, -0.05) is 32.1 Å². The number of esters is 1. The highest BCUT2D eigenvalue weighted by Crippen LogP contribution is 2.28. The van der Waals surface area contributed by atoms with Crippen molar-refractivity contribution in [1.82, 2.24) is 5.32 Å². The number of hydrogen-bond donors (Lipinski definition) is 3. The van der Waals surface area contributed by atoms with E-state index in [1.54, 1.807) is 38.6 Å². The van der Waals surface area contributed by atoms with E-state index < -0.39 is 36.3 Å². The average Bonchev–Trinajstić information content (AvgIpc) is 2.84. The molecule has 0 aromatic heterocycles. The van der Waals surface area contributed by atoms with E-state index in [1.807, 2.05) is 18.4 Å². The molecule has 0 spiro atoms. The van der Waals surface area contributed by atoms with Crippen LogP contribution in [0.3, 0.4) is 0 Å². The number of ether oxygens (including phenoxy) is 2. The molecular weight excluding hydrogens is 510 g/mol. The Hall–Kier alpha value is -2.01. The summed E-state index contributed by atoms with van der Waals surface area (Å²) in [6.07, 6.45) is 6.39. The molecule has 214 valence electrons. The maximum atomic E-state index is 12.9. The minimum absolute atomic E-state index is 0.102. The van der Waals surface area contributed by atoms with E-state index in [0.29, 0.717) is 5.57 Å². The average molecular weight is 554 g/mol. The van der Waals surface area contributed by atoms with Gasteiger partial charge in [-0.25, -0.2) is 0 Å².